The van der Waals surface area contributed by atoms with Gasteiger partial charge in [-0.05, 0) is 61.7 Å². The Balaban J connectivity index is 0.00000173. The molecule has 3 amide bonds. The number of aromatic nitrogens is 1. The fourth-order valence-corrected chi connectivity index (χ4v) is 6.22. The number of pyridine rings is 1. The highest BCUT2D eigenvalue weighted by Crippen LogP contribution is 2.46. The molecule has 0 radical (unpaired) electrons. The van der Waals surface area contributed by atoms with Crippen LogP contribution >= 0.6 is 11.3 Å². The minimum Gasteiger partial charge on any atom is -0.493 e. The number of ether oxygens (including phenoxy) is 2. The summed E-state index contributed by atoms with van der Waals surface area (Å²) in [6, 6.07) is 14.2. The second-order valence-corrected chi connectivity index (χ2v) is 10.6. The summed E-state index contributed by atoms with van der Waals surface area (Å²) in [5.74, 6) is 1.54. The average Bonchev–Trinajstić information content (AvgIpc) is 3.39. The second-order valence-electron chi connectivity index (χ2n) is 9.64. The Hall–Kier alpha value is -4.82. The van der Waals surface area contributed by atoms with Crippen molar-refractivity contribution in [3.63, 3.8) is 0 Å². The summed E-state index contributed by atoms with van der Waals surface area (Å²) in [6.45, 7) is 7.08. The first kappa shape index (κ1) is 28.7. The molecule has 10 nitrogen and oxygen atoms in total. The van der Waals surface area contributed by atoms with E-state index >= 15 is 0 Å². The summed E-state index contributed by atoms with van der Waals surface area (Å²) in [6.07, 6.45) is 5.43. The van der Waals surface area contributed by atoms with Gasteiger partial charge in [-0.3, -0.25) is 9.69 Å². The minimum absolute atomic E-state index is 0.138. The number of urea groups is 1. The lowest BCUT2D eigenvalue weighted by Gasteiger charge is -2.30. The van der Waals surface area contributed by atoms with Crippen molar-refractivity contribution in [2.24, 2.45) is 0 Å². The molecule has 0 saturated carbocycles. The molecule has 4 aromatic rings. The highest BCUT2D eigenvalue weighted by Gasteiger charge is 2.34. The van der Waals surface area contributed by atoms with Gasteiger partial charge in [0.2, 0.25) is 0 Å². The Morgan fingerprint density at radius 2 is 1.95 bits per heavy atom. The molecule has 2 aliphatic rings. The molecule has 216 valence electrons. The number of rotatable bonds is 6. The van der Waals surface area contributed by atoms with E-state index in [1.165, 1.54) is 11.3 Å². The summed E-state index contributed by atoms with van der Waals surface area (Å²) < 4.78 is 11.4. The summed E-state index contributed by atoms with van der Waals surface area (Å²) >= 11 is 1.24. The molecule has 42 heavy (non-hydrogen) atoms. The van der Waals surface area contributed by atoms with Crippen molar-refractivity contribution in [1.29, 1.82) is 5.26 Å². The van der Waals surface area contributed by atoms with Crippen LogP contribution in [0.15, 0.2) is 54.7 Å². The Morgan fingerprint density at radius 1 is 1.17 bits per heavy atom. The fourth-order valence-electron chi connectivity index (χ4n) is 5.19. The van der Waals surface area contributed by atoms with E-state index in [2.05, 4.69) is 21.8 Å². The zero-order valence-electron chi connectivity index (χ0n) is 23.9. The zero-order valence-corrected chi connectivity index (χ0v) is 24.7. The number of piperidine rings is 1. The van der Waals surface area contributed by atoms with E-state index in [4.69, 9.17) is 9.47 Å². The molecule has 2 aromatic heterocycles. The number of hydrogen-bond acceptors (Lipinski definition) is 8. The highest BCUT2D eigenvalue weighted by molar-refractivity contribution is 7.21. The zero-order chi connectivity index (χ0) is 29.8. The van der Waals surface area contributed by atoms with Crippen molar-refractivity contribution in [3.8, 4) is 23.4 Å². The van der Waals surface area contributed by atoms with Crippen LogP contribution in [-0.4, -0.2) is 48.1 Å². The van der Waals surface area contributed by atoms with Crippen LogP contribution in [0, 0.1) is 18.4 Å². The van der Waals surface area contributed by atoms with E-state index in [1.54, 1.807) is 35.2 Å². The van der Waals surface area contributed by atoms with E-state index in [-0.39, 0.29) is 18.0 Å². The van der Waals surface area contributed by atoms with Gasteiger partial charge < -0.3 is 25.0 Å². The van der Waals surface area contributed by atoms with Gasteiger partial charge in [-0.25, -0.2) is 9.78 Å². The van der Waals surface area contributed by atoms with Crippen LogP contribution in [0.3, 0.4) is 0 Å². The Kier molecular flexibility index (Phi) is 8.45. The smallest absolute Gasteiger partial charge is 0.331 e. The molecule has 1 fully saturated rings. The average molecular weight is 585 g/mol. The molecule has 0 aliphatic carbocycles. The fraction of sp³-hybridized carbons (Fsp3) is 0.290. The number of likely N-dealkylation sites (tertiary alicyclic amines) is 1. The van der Waals surface area contributed by atoms with Crippen LogP contribution in [0.1, 0.15) is 41.9 Å². The number of aryl methyl sites for hydroxylation is 1. The number of para-hydroxylation sites is 2. The summed E-state index contributed by atoms with van der Waals surface area (Å²) in [7, 11) is 1.59. The molecule has 0 bridgehead atoms. The van der Waals surface area contributed by atoms with Gasteiger partial charge in [-0.2, -0.15) is 5.26 Å². The number of hydrogen-bond donors (Lipinski definition) is 2. The van der Waals surface area contributed by atoms with Gasteiger partial charge in [-0.15, -0.1) is 11.3 Å². The molecule has 11 heteroatoms. The number of nitriles is 1. The molecule has 2 aliphatic heterocycles. The Bertz CT molecular complexity index is 1680. The third-order valence-corrected chi connectivity index (χ3v) is 8.15. The van der Waals surface area contributed by atoms with Gasteiger partial charge in [0.15, 0.2) is 17.7 Å². The molecule has 2 N–H and O–H groups in total. The third-order valence-electron chi connectivity index (χ3n) is 7.06. The number of anilines is 3. The minimum atomic E-state index is -0.373. The van der Waals surface area contributed by atoms with Crippen molar-refractivity contribution in [3.05, 3.63) is 65.2 Å². The molecule has 1 atom stereocenters. The van der Waals surface area contributed by atoms with Gasteiger partial charge >= 0.3 is 6.03 Å². The van der Waals surface area contributed by atoms with E-state index in [0.717, 1.165) is 18.4 Å². The predicted molar refractivity (Wildman–Crippen MR) is 164 cm³/mol. The Labute approximate surface area is 248 Å². The number of benzene rings is 2. The van der Waals surface area contributed by atoms with E-state index in [9.17, 15) is 14.9 Å². The number of thiophene rings is 1. The number of nitrogens with one attached hydrogen (secondary N) is 2. The second kappa shape index (κ2) is 12.4. The molecule has 1 saturated heterocycles. The SMILES string of the molecule is CC.COc1ccccc1Oc1ccc(N2C(=O)Nc3c(C(=O)NC4CCCN(C#N)C4)sc4nccc2c34)c(C)c1. The maximum absolute atomic E-state index is 13.5. The first-order chi connectivity index (χ1) is 20.5. The lowest BCUT2D eigenvalue weighted by atomic mass is 10.1. The van der Waals surface area contributed by atoms with Gasteiger partial charge in [-0.1, -0.05) is 26.0 Å². The largest absolute Gasteiger partial charge is 0.493 e. The van der Waals surface area contributed by atoms with Gasteiger partial charge in [0.25, 0.3) is 5.91 Å². The standard InChI is InChI=1S/C29H26N6O4S.C2H6/c1-17-14-19(39-23-8-4-3-7-22(23)38-2)9-10-20(17)35-21-11-12-31-28-24(21)25(33-29(35)37)26(40-28)27(36)32-18-6-5-13-34(15-18)16-30;1-2/h3-4,7-12,14,18H,5-6,13,15H2,1-2H3,(H,32,36)(H,33,37);1-2H3. The van der Waals surface area contributed by atoms with Crippen LogP contribution in [0.25, 0.3) is 10.2 Å². The normalized spacial score (nSPS) is 15.7. The molecular formula is C31H32N6O4S. The molecule has 2 aromatic carbocycles. The monoisotopic (exact) mass is 584 g/mol. The van der Waals surface area contributed by atoms with Crippen LogP contribution in [0.5, 0.6) is 17.2 Å². The summed E-state index contributed by atoms with van der Waals surface area (Å²) in [4.78, 5) is 35.6. The van der Waals surface area contributed by atoms with Crippen LogP contribution < -0.4 is 25.0 Å². The van der Waals surface area contributed by atoms with Gasteiger partial charge in [0.1, 0.15) is 15.5 Å². The van der Waals surface area contributed by atoms with Crippen molar-refractivity contribution >= 4 is 50.6 Å². The van der Waals surface area contributed by atoms with E-state index in [0.29, 0.717) is 62.5 Å². The van der Waals surface area contributed by atoms with Gasteiger partial charge in [0, 0.05) is 25.3 Å². The van der Waals surface area contributed by atoms with Crippen LogP contribution in [0.4, 0.5) is 21.9 Å². The first-order valence-electron chi connectivity index (χ1n) is 13.9. The first-order valence-corrected chi connectivity index (χ1v) is 14.7. The molecule has 1 unspecified atom stereocenters. The topological polar surface area (TPSA) is 120 Å². The number of amides is 3. The summed E-state index contributed by atoms with van der Waals surface area (Å²) in [5, 5.41) is 15.9. The molecular weight excluding hydrogens is 552 g/mol. The van der Waals surface area contributed by atoms with Crippen LogP contribution in [-0.2, 0) is 0 Å². The van der Waals surface area contributed by atoms with Crippen molar-refractivity contribution in [1.82, 2.24) is 15.2 Å². The molecule has 4 heterocycles. The number of nitrogens with zero attached hydrogens (tertiary/aromatic N) is 4. The maximum atomic E-state index is 13.5. The Morgan fingerprint density at radius 3 is 2.69 bits per heavy atom. The highest BCUT2D eigenvalue weighted by atomic mass is 32.1. The summed E-state index contributed by atoms with van der Waals surface area (Å²) in [5.41, 5.74) is 2.61. The lowest BCUT2D eigenvalue weighted by molar-refractivity contribution is 0.0923. The number of methoxy groups -OCH3 is 1. The van der Waals surface area contributed by atoms with E-state index < -0.39 is 0 Å². The van der Waals surface area contributed by atoms with Crippen LogP contribution in [0.2, 0.25) is 0 Å². The maximum Gasteiger partial charge on any atom is 0.331 e. The van der Waals surface area contributed by atoms with Crippen molar-refractivity contribution in [2.45, 2.75) is 39.7 Å². The van der Waals surface area contributed by atoms with E-state index in [1.807, 2.05) is 57.2 Å². The predicted octanol–water partition coefficient (Wildman–Crippen LogP) is 6.79. The quantitative estimate of drug-likeness (QED) is 0.239. The lowest BCUT2D eigenvalue weighted by Crippen LogP contribution is -2.46. The van der Waals surface area contributed by atoms with Crippen molar-refractivity contribution in [2.75, 3.05) is 30.4 Å². The third kappa shape index (κ3) is 5.41. The number of carbonyl (C=O) groups is 2. The van der Waals surface area contributed by atoms with Gasteiger partial charge in [0.05, 0.1) is 29.6 Å². The van der Waals surface area contributed by atoms with Crippen molar-refractivity contribution < 1.29 is 19.1 Å². The molecule has 0 spiro atoms. The molecule has 6 rings (SSSR count). The number of carbonyl (C=O) groups excluding carboxylic acids is 2.